The number of esters is 2. The first-order valence-electron chi connectivity index (χ1n) is 18.1. The summed E-state index contributed by atoms with van der Waals surface area (Å²) >= 11 is 0. The minimum absolute atomic E-state index is 0.0218. The molecular weight excluding hydrogens is 636 g/mol. The number of allylic oxidation sites excluding steroid dienone is 6. The number of fused-ring (bicyclic) bond motifs is 4. The molecular formula is C41H60O9. The van der Waals surface area contributed by atoms with E-state index in [0.717, 1.165) is 24.0 Å². The molecule has 2 saturated heterocycles. The van der Waals surface area contributed by atoms with Gasteiger partial charge in [0.2, 0.25) is 0 Å². The van der Waals surface area contributed by atoms with Gasteiger partial charge in [-0.25, -0.2) is 9.59 Å². The van der Waals surface area contributed by atoms with E-state index in [1.165, 1.54) is 6.08 Å². The van der Waals surface area contributed by atoms with E-state index < -0.39 is 41.8 Å². The third-order valence-electron chi connectivity index (χ3n) is 9.79. The van der Waals surface area contributed by atoms with Gasteiger partial charge >= 0.3 is 11.9 Å². The Morgan fingerprint density at radius 3 is 2.66 bits per heavy atom. The van der Waals surface area contributed by atoms with Crippen LogP contribution < -0.4 is 0 Å². The van der Waals surface area contributed by atoms with Gasteiger partial charge in [0.15, 0.2) is 6.10 Å². The SMILES string of the molecule is C=C(CCC(C)C)COC(=O)[C@H](O)C/C=C\C[C@@H]1O[C@@H]2/C=C/C/C=C/C(C)=C\[C@H]3O[C@@H](C/C=C/C=C/C(=O)O[C@H](C2)[C@@]1(C)CO)C[C@H](O)[C@H]3C. The maximum atomic E-state index is 13.0. The zero-order valence-corrected chi connectivity index (χ0v) is 30.6. The predicted octanol–water partition coefficient (Wildman–Crippen LogP) is 6.41. The molecule has 0 unspecified atom stereocenters. The topological polar surface area (TPSA) is 132 Å². The second-order valence-electron chi connectivity index (χ2n) is 14.6. The number of carbonyl (C=O) groups is 2. The summed E-state index contributed by atoms with van der Waals surface area (Å²) in [5, 5.41) is 31.6. The van der Waals surface area contributed by atoms with E-state index in [4.69, 9.17) is 18.9 Å². The number of rotatable bonds is 11. The molecule has 50 heavy (non-hydrogen) atoms. The van der Waals surface area contributed by atoms with Gasteiger partial charge in [-0.05, 0) is 50.5 Å². The monoisotopic (exact) mass is 696 g/mol. The van der Waals surface area contributed by atoms with Crippen LogP contribution in [-0.4, -0.2) is 83.2 Å². The summed E-state index contributed by atoms with van der Waals surface area (Å²) in [6, 6.07) is 0. The van der Waals surface area contributed by atoms with E-state index in [0.29, 0.717) is 38.0 Å². The highest BCUT2D eigenvalue weighted by molar-refractivity contribution is 5.82. The van der Waals surface area contributed by atoms with Crippen LogP contribution in [0, 0.1) is 17.3 Å². The number of ether oxygens (including phenoxy) is 4. The van der Waals surface area contributed by atoms with Gasteiger partial charge in [0.05, 0.1) is 42.5 Å². The lowest BCUT2D eigenvalue weighted by molar-refractivity contribution is -0.198. The standard InChI is InChI=1S/C41H60O9/c1-28(2)21-22-30(4)26-47-40(46)34(43)18-13-14-19-37-41(6,27-42)38-25-33(49-37)17-10-7-9-15-29(3)23-36-31(5)35(44)24-32(48-36)16-11-8-12-20-39(45)50-38/h8-15,17,20,23,28,31-38,42-44H,4,7,16,18-19,21-22,24-27H2,1-3,5-6H3/b11-8+,14-13-,15-9+,17-10+,20-12+,29-23-/t31-,32+,33-,34-,35+,36-,37+,38-,41+/m1/s1. The highest BCUT2D eigenvalue weighted by atomic mass is 16.6. The molecule has 0 saturated carbocycles. The lowest BCUT2D eigenvalue weighted by Crippen LogP contribution is -2.55. The van der Waals surface area contributed by atoms with E-state index in [-0.39, 0.29) is 43.9 Å². The number of aliphatic hydroxyl groups is 3. The van der Waals surface area contributed by atoms with Gasteiger partial charge in [-0.3, -0.25) is 0 Å². The van der Waals surface area contributed by atoms with E-state index in [1.54, 1.807) is 18.2 Å². The van der Waals surface area contributed by atoms with Crippen LogP contribution in [0.25, 0.3) is 0 Å². The van der Waals surface area contributed by atoms with Crippen LogP contribution >= 0.6 is 0 Å². The third-order valence-corrected chi connectivity index (χ3v) is 9.79. The Kier molecular flexibility index (Phi) is 17.1. The van der Waals surface area contributed by atoms with Crippen molar-refractivity contribution in [2.45, 2.75) is 129 Å². The summed E-state index contributed by atoms with van der Waals surface area (Å²) in [7, 11) is 0. The predicted molar refractivity (Wildman–Crippen MR) is 195 cm³/mol. The fourth-order valence-electron chi connectivity index (χ4n) is 6.27. The highest BCUT2D eigenvalue weighted by Gasteiger charge is 2.49. The van der Waals surface area contributed by atoms with Crippen molar-refractivity contribution in [1.82, 2.24) is 0 Å². The molecule has 0 radical (unpaired) electrons. The second kappa shape index (κ2) is 20.7. The maximum Gasteiger partial charge on any atom is 0.335 e. The van der Waals surface area contributed by atoms with Crippen molar-refractivity contribution >= 4 is 11.9 Å². The molecule has 0 aromatic heterocycles. The molecule has 278 valence electrons. The number of aliphatic hydroxyl groups excluding tert-OH is 3. The first kappa shape index (κ1) is 41.3. The Hall–Kier alpha value is -3.08. The molecule has 3 aliphatic rings. The molecule has 0 amide bonds. The van der Waals surface area contributed by atoms with Gasteiger partial charge < -0.3 is 34.3 Å². The number of carbonyl (C=O) groups excluding carboxylic acids is 2. The quantitative estimate of drug-likeness (QED) is 0.166. The minimum Gasteiger partial charge on any atom is -0.459 e. The van der Waals surface area contributed by atoms with Crippen molar-refractivity contribution in [2.24, 2.45) is 17.3 Å². The molecule has 0 aromatic carbocycles. The van der Waals surface area contributed by atoms with Gasteiger partial charge in [0.25, 0.3) is 0 Å². The molecule has 3 heterocycles. The molecule has 3 rings (SSSR count). The Morgan fingerprint density at radius 1 is 1.14 bits per heavy atom. The molecule has 9 heteroatoms. The van der Waals surface area contributed by atoms with Gasteiger partial charge in [-0.1, -0.05) is 101 Å². The zero-order valence-electron chi connectivity index (χ0n) is 30.6. The summed E-state index contributed by atoms with van der Waals surface area (Å²) < 4.78 is 23.9. The summed E-state index contributed by atoms with van der Waals surface area (Å²) in [5.41, 5.74) is 0.954. The first-order valence-corrected chi connectivity index (χ1v) is 18.1. The van der Waals surface area contributed by atoms with Crippen LogP contribution in [0.5, 0.6) is 0 Å². The van der Waals surface area contributed by atoms with Crippen LogP contribution in [0.4, 0.5) is 0 Å². The van der Waals surface area contributed by atoms with Crippen molar-refractivity contribution in [3.05, 3.63) is 84.6 Å². The molecule has 4 bridgehead atoms. The van der Waals surface area contributed by atoms with Crippen molar-refractivity contribution < 1.29 is 43.9 Å². The molecule has 2 fully saturated rings. The largest absolute Gasteiger partial charge is 0.459 e. The smallest absolute Gasteiger partial charge is 0.335 e. The van der Waals surface area contributed by atoms with Crippen molar-refractivity contribution in [2.75, 3.05) is 13.2 Å². The highest BCUT2D eigenvalue weighted by Crippen LogP contribution is 2.41. The lowest BCUT2D eigenvalue weighted by atomic mass is 9.73. The van der Waals surface area contributed by atoms with Crippen molar-refractivity contribution in [1.29, 1.82) is 0 Å². The van der Waals surface area contributed by atoms with Crippen LogP contribution in [0.2, 0.25) is 0 Å². The molecule has 3 aliphatic heterocycles. The van der Waals surface area contributed by atoms with Crippen molar-refractivity contribution in [3.8, 4) is 0 Å². The zero-order chi connectivity index (χ0) is 36.7. The Bertz CT molecular complexity index is 1290. The molecule has 9 nitrogen and oxygen atoms in total. The lowest BCUT2D eigenvalue weighted by Gasteiger charge is -2.47. The van der Waals surface area contributed by atoms with E-state index in [2.05, 4.69) is 26.5 Å². The van der Waals surface area contributed by atoms with Crippen LogP contribution in [0.1, 0.15) is 86.0 Å². The third kappa shape index (κ3) is 13.2. The fourth-order valence-corrected chi connectivity index (χ4v) is 6.27. The Morgan fingerprint density at radius 2 is 1.92 bits per heavy atom. The summed E-state index contributed by atoms with van der Waals surface area (Å²) in [6.07, 6.45) is 21.0. The molecule has 9 atom stereocenters. The average Bonchev–Trinajstić information content (AvgIpc) is 3.07. The van der Waals surface area contributed by atoms with Gasteiger partial charge in [-0.15, -0.1) is 0 Å². The second-order valence-corrected chi connectivity index (χ2v) is 14.6. The van der Waals surface area contributed by atoms with Crippen LogP contribution in [-0.2, 0) is 28.5 Å². The van der Waals surface area contributed by atoms with E-state index in [1.807, 2.05) is 57.2 Å². The number of hydrogen-bond acceptors (Lipinski definition) is 9. The first-order chi connectivity index (χ1) is 23.8. The number of hydrogen-bond donors (Lipinski definition) is 3. The maximum absolute atomic E-state index is 13.0. The van der Waals surface area contributed by atoms with Crippen molar-refractivity contribution in [3.63, 3.8) is 0 Å². The van der Waals surface area contributed by atoms with E-state index >= 15 is 0 Å². The summed E-state index contributed by atoms with van der Waals surface area (Å²) in [5.74, 6) is -0.720. The molecule has 0 spiro atoms. The van der Waals surface area contributed by atoms with Gasteiger partial charge in [0, 0.05) is 31.3 Å². The summed E-state index contributed by atoms with van der Waals surface area (Å²) in [6.45, 7) is 13.9. The van der Waals surface area contributed by atoms with Crippen LogP contribution in [0.3, 0.4) is 0 Å². The molecule has 3 N–H and O–H groups in total. The Labute approximate surface area is 299 Å². The van der Waals surface area contributed by atoms with Crippen LogP contribution in [0.15, 0.2) is 84.6 Å². The molecule has 0 aromatic rings. The molecule has 0 aliphatic carbocycles. The normalized spacial score (nSPS) is 35.3. The van der Waals surface area contributed by atoms with Gasteiger partial charge in [0.1, 0.15) is 12.7 Å². The Balaban J connectivity index is 1.71. The van der Waals surface area contributed by atoms with E-state index in [9.17, 15) is 24.9 Å². The summed E-state index contributed by atoms with van der Waals surface area (Å²) in [4.78, 5) is 25.3. The average molecular weight is 697 g/mol. The fraction of sp³-hybridized carbons (Fsp3) is 0.610. The van der Waals surface area contributed by atoms with Gasteiger partial charge in [-0.2, -0.15) is 0 Å². The minimum atomic E-state index is -1.31.